The maximum Gasteiger partial charge on any atom is 0.472 e. The van der Waals surface area contributed by atoms with Crippen LogP contribution in [0.2, 0.25) is 0 Å². The number of phosphoric ester groups is 1. The molecular formula is C34H68N2O6P+. The number of quaternary nitrogens is 1. The molecular weight excluding hydrogens is 563 g/mol. The smallest absolute Gasteiger partial charge is 0.387 e. The highest BCUT2D eigenvalue weighted by Gasteiger charge is 2.27. The molecule has 0 saturated heterocycles. The van der Waals surface area contributed by atoms with Crippen LogP contribution in [0.15, 0.2) is 24.3 Å². The second-order valence-electron chi connectivity index (χ2n) is 12.9. The van der Waals surface area contributed by atoms with E-state index in [0.717, 1.165) is 51.4 Å². The number of nitrogens with one attached hydrogen (secondary N) is 1. The number of phosphoric acid groups is 1. The van der Waals surface area contributed by atoms with Crippen molar-refractivity contribution in [2.75, 3.05) is 40.9 Å². The van der Waals surface area contributed by atoms with Gasteiger partial charge in [-0.15, -0.1) is 0 Å². The summed E-state index contributed by atoms with van der Waals surface area (Å²) in [4.78, 5) is 22.7. The Bertz CT molecular complexity index is 768. The fourth-order valence-corrected chi connectivity index (χ4v) is 5.32. The standard InChI is InChI=1S/C34H67N2O6P/c1-6-8-10-12-13-14-15-16-17-18-19-20-21-22-24-25-27-33(37)32(35-34(38)28-26-23-11-9-7-2)31-42-43(39,40)41-30-29-36(3,4)5/h20-21,25,27,32-33,37H,6-19,22-24,26,28-31H2,1-5H3,(H-,35,38,39,40)/p+1/b21-20+,27-25+. The summed E-state index contributed by atoms with van der Waals surface area (Å²) in [5.74, 6) is -0.203. The zero-order valence-electron chi connectivity index (χ0n) is 28.4. The summed E-state index contributed by atoms with van der Waals surface area (Å²) in [7, 11) is 1.55. The van der Waals surface area contributed by atoms with Gasteiger partial charge >= 0.3 is 7.82 Å². The summed E-state index contributed by atoms with van der Waals surface area (Å²) in [6.07, 6.45) is 28.5. The van der Waals surface area contributed by atoms with Gasteiger partial charge in [-0.1, -0.05) is 122 Å². The monoisotopic (exact) mass is 631 g/mol. The number of carbonyl (C=O) groups excluding carboxylic acids is 1. The highest BCUT2D eigenvalue weighted by atomic mass is 31.2. The molecule has 0 fully saturated rings. The van der Waals surface area contributed by atoms with Crippen molar-refractivity contribution in [3.63, 3.8) is 0 Å². The normalized spacial score (nSPS) is 15.2. The number of rotatable bonds is 30. The van der Waals surface area contributed by atoms with Crippen LogP contribution in [0.5, 0.6) is 0 Å². The van der Waals surface area contributed by atoms with Crippen LogP contribution in [0.1, 0.15) is 136 Å². The van der Waals surface area contributed by atoms with Gasteiger partial charge in [0.25, 0.3) is 0 Å². The predicted molar refractivity (Wildman–Crippen MR) is 180 cm³/mol. The first-order valence-electron chi connectivity index (χ1n) is 17.2. The summed E-state index contributed by atoms with van der Waals surface area (Å²) in [5.41, 5.74) is 0. The van der Waals surface area contributed by atoms with E-state index in [2.05, 4.69) is 31.3 Å². The van der Waals surface area contributed by atoms with Crippen molar-refractivity contribution < 1.29 is 32.9 Å². The molecule has 0 aliphatic heterocycles. The minimum atomic E-state index is -4.32. The minimum absolute atomic E-state index is 0.0568. The number of nitrogens with zero attached hydrogens (tertiary/aromatic N) is 1. The van der Waals surface area contributed by atoms with Crippen LogP contribution in [0, 0.1) is 0 Å². The molecule has 1 amide bonds. The van der Waals surface area contributed by atoms with Crippen LogP contribution < -0.4 is 5.32 Å². The van der Waals surface area contributed by atoms with E-state index >= 15 is 0 Å². The van der Waals surface area contributed by atoms with Crippen LogP contribution in [0.25, 0.3) is 0 Å². The van der Waals surface area contributed by atoms with Gasteiger partial charge in [0, 0.05) is 6.42 Å². The van der Waals surface area contributed by atoms with Crippen molar-refractivity contribution in [3.05, 3.63) is 24.3 Å². The number of likely N-dealkylation sites (N-methyl/N-ethyl adjacent to an activating group) is 1. The first kappa shape index (κ1) is 42.0. The van der Waals surface area contributed by atoms with E-state index in [0.29, 0.717) is 17.4 Å². The first-order chi connectivity index (χ1) is 20.5. The number of amides is 1. The molecule has 3 unspecified atom stereocenters. The Balaban J connectivity index is 4.52. The van der Waals surface area contributed by atoms with E-state index in [9.17, 15) is 19.4 Å². The molecule has 0 aromatic carbocycles. The average Bonchev–Trinajstić information content (AvgIpc) is 2.94. The van der Waals surface area contributed by atoms with Crippen molar-refractivity contribution >= 4 is 13.7 Å². The van der Waals surface area contributed by atoms with Gasteiger partial charge in [-0.3, -0.25) is 13.8 Å². The number of unbranched alkanes of at least 4 members (excludes halogenated alkanes) is 15. The third kappa shape index (κ3) is 29.5. The van der Waals surface area contributed by atoms with Crippen LogP contribution in [0.3, 0.4) is 0 Å². The lowest BCUT2D eigenvalue weighted by Gasteiger charge is -2.25. The van der Waals surface area contributed by atoms with Crippen molar-refractivity contribution in [2.24, 2.45) is 0 Å². The lowest BCUT2D eigenvalue weighted by Crippen LogP contribution is -2.45. The number of hydrogen-bond donors (Lipinski definition) is 3. The molecule has 0 aromatic heterocycles. The quantitative estimate of drug-likeness (QED) is 0.0319. The maximum absolute atomic E-state index is 12.5. The summed E-state index contributed by atoms with van der Waals surface area (Å²) < 4.78 is 23.2. The van der Waals surface area contributed by atoms with Gasteiger partial charge in [0.2, 0.25) is 5.91 Å². The Morgan fingerprint density at radius 1 is 0.767 bits per heavy atom. The number of allylic oxidation sites excluding steroid dienone is 3. The number of aliphatic hydroxyl groups excluding tert-OH is 1. The van der Waals surface area contributed by atoms with Gasteiger partial charge in [-0.05, 0) is 32.1 Å². The van der Waals surface area contributed by atoms with E-state index in [-0.39, 0.29) is 19.1 Å². The molecule has 0 aromatic rings. The van der Waals surface area contributed by atoms with E-state index < -0.39 is 20.0 Å². The zero-order valence-corrected chi connectivity index (χ0v) is 29.3. The summed E-state index contributed by atoms with van der Waals surface area (Å²) in [6.45, 7) is 4.67. The number of carbonyl (C=O) groups is 1. The Hall–Kier alpha value is -1.02. The second-order valence-corrected chi connectivity index (χ2v) is 14.3. The Morgan fingerprint density at radius 3 is 1.86 bits per heavy atom. The summed E-state index contributed by atoms with van der Waals surface area (Å²) in [6, 6.07) is -0.853. The van der Waals surface area contributed by atoms with Gasteiger partial charge in [-0.25, -0.2) is 4.57 Å². The van der Waals surface area contributed by atoms with Crippen molar-refractivity contribution in [1.29, 1.82) is 0 Å². The molecule has 0 aliphatic carbocycles. The topological polar surface area (TPSA) is 105 Å². The maximum atomic E-state index is 12.5. The van der Waals surface area contributed by atoms with Crippen LogP contribution in [-0.4, -0.2) is 73.4 Å². The van der Waals surface area contributed by atoms with E-state index in [1.807, 2.05) is 27.2 Å². The largest absolute Gasteiger partial charge is 0.472 e. The van der Waals surface area contributed by atoms with Crippen molar-refractivity contribution in [3.8, 4) is 0 Å². The molecule has 0 saturated carbocycles. The lowest BCUT2D eigenvalue weighted by molar-refractivity contribution is -0.870. The molecule has 9 heteroatoms. The highest BCUT2D eigenvalue weighted by Crippen LogP contribution is 2.43. The van der Waals surface area contributed by atoms with E-state index in [1.54, 1.807) is 6.08 Å². The fraction of sp³-hybridized carbons (Fsp3) is 0.853. The summed E-state index contributed by atoms with van der Waals surface area (Å²) >= 11 is 0. The third-order valence-electron chi connectivity index (χ3n) is 7.42. The number of aliphatic hydroxyl groups is 1. The molecule has 3 N–H and O–H groups in total. The SMILES string of the molecule is CCCCCCCCCCCC/C=C/CC/C=C/C(O)C(COP(=O)(O)OCC[N+](C)(C)C)NC(=O)CCCCCCC. The summed E-state index contributed by atoms with van der Waals surface area (Å²) in [5, 5.41) is 13.6. The van der Waals surface area contributed by atoms with Gasteiger partial charge in [0.1, 0.15) is 13.2 Å². The average molecular weight is 632 g/mol. The Kier molecular flexibility index (Phi) is 26.7. The van der Waals surface area contributed by atoms with E-state index in [4.69, 9.17) is 9.05 Å². The predicted octanol–water partition coefficient (Wildman–Crippen LogP) is 8.24. The van der Waals surface area contributed by atoms with Crippen molar-refractivity contribution in [2.45, 2.75) is 148 Å². The molecule has 8 nitrogen and oxygen atoms in total. The van der Waals surface area contributed by atoms with Crippen LogP contribution in [-0.2, 0) is 18.4 Å². The third-order valence-corrected chi connectivity index (χ3v) is 8.41. The number of hydrogen-bond acceptors (Lipinski definition) is 5. The molecule has 43 heavy (non-hydrogen) atoms. The molecule has 0 bridgehead atoms. The fourth-order valence-electron chi connectivity index (χ4n) is 4.58. The molecule has 0 spiro atoms. The Labute approximate surface area is 264 Å². The second kappa shape index (κ2) is 27.3. The van der Waals surface area contributed by atoms with Gasteiger partial charge in [0.15, 0.2) is 0 Å². The zero-order chi connectivity index (χ0) is 32.2. The van der Waals surface area contributed by atoms with Crippen molar-refractivity contribution in [1.82, 2.24) is 5.32 Å². The lowest BCUT2D eigenvalue weighted by atomic mass is 10.1. The molecule has 0 aliphatic rings. The molecule has 254 valence electrons. The van der Waals surface area contributed by atoms with Gasteiger partial charge in [-0.2, -0.15) is 0 Å². The molecule has 3 atom stereocenters. The molecule has 0 rings (SSSR count). The molecule has 0 radical (unpaired) electrons. The Morgan fingerprint density at radius 2 is 1.28 bits per heavy atom. The first-order valence-corrected chi connectivity index (χ1v) is 18.7. The van der Waals surface area contributed by atoms with Crippen LogP contribution in [0.4, 0.5) is 0 Å². The highest BCUT2D eigenvalue weighted by molar-refractivity contribution is 7.47. The van der Waals surface area contributed by atoms with Gasteiger partial charge in [0.05, 0.1) is 39.9 Å². The van der Waals surface area contributed by atoms with E-state index in [1.165, 1.54) is 64.2 Å². The van der Waals surface area contributed by atoms with Gasteiger partial charge < -0.3 is 19.8 Å². The minimum Gasteiger partial charge on any atom is -0.387 e. The van der Waals surface area contributed by atoms with Crippen LogP contribution >= 0.6 is 7.82 Å². The molecule has 0 heterocycles.